The lowest BCUT2D eigenvalue weighted by Gasteiger charge is -2.21. The highest BCUT2D eigenvalue weighted by molar-refractivity contribution is 9.10. The zero-order chi connectivity index (χ0) is 16.6. The van der Waals surface area contributed by atoms with E-state index in [-0.39, 0.29) is 5.91 Å². The molecule has 0 aliphatic rings. The summed E-state index contributed by atoms with van der Waals surface area (Å²) in [4.78, 5) is 25.8. The van der Waals surface area contributed by atoms with Gasteiger partial charge in [0.15, 0.2) is 0 Å². The van der Waals surface area contributed by atoms with Gasteiger partial charge in [-0.25, -0.2) is 4.79 Å². The topological polar surface area (TPSA) is 85.1 Å². The number of hydrogen-bond acceptors (Lipinski definition) is 3. The third-order valence-corrected chi connectivity index (χ3v) is 4.76. The molecule has 0 unspecified atom stereocenters. The molecule has 0 bridgehead atoms. The Labute approximate surface area is 138 Å². The van der Waals surface area contributed by atoms with Crippen LogP contribution in [0.2, 0.25) is 0 Å². The van der Waals surface area contributed by atoms with Gasteiger partial charge in [-0.15, -0.1) is 0 Å². The Hall–Kier alpha value is -1.95. The number of fused-ring (bicyclic) bond motifs is 1. The van der Waals surface area contributed by atoms with Crippen molar-refractivity contribution in [1.29, 1.82) is 0 Å². The Morgan fingerprint density at radius 3 is 2.32 bits per heavy atom. The molecule has 118 valence electrons. The predicted molar refractivity (Wildman–Crippen MR) is 91.7 cm³/mol. The van der Waals surface area contributed by atoms with E-state index in [0.717, 1.165) is 5.52 Å². The fourth-order valence-corrected chi connectivity index (χ4v) is 1.91. The van der Waals surface area contributed by atoms with E-state index >= 15 is 0 Å². The number of pyridine rings is 1. The number of nitrogens with one attached hydrogen (secondary N) is 1. The second-order valence-electron chi connectivity index (χ2n) is 4.69. The standard InChI is InChI=1S/C9H7N.C7H13BrN2O2/c1-2-6-9-8(4-1)5-3-7-10-9;1-3-7(8,4-2)5(11)10-6(9)12/h1-7H;3-4H2,1-2H3,(H3,9,10,11,12). The van der Waals surface area contributed by atoms with E-state index in [4.69, 9.17) is 5.73 Å². The number of amides is 3. The van der Waals surface area contributed by atoms with Crippen molar-refractivity contribution in [2.24, 2.45) is 5.73 Å². The highest BCUT2D eigenvalue weighted by Crippen LogP contribution is 2.26. The summed E-state index contributed by atoms with van der Waals surface area (Å²) in [7, 11) is 0. The Balaban J connectivity index is 0.000000222. The summed E-state index contributed by atoms with van der Waals surface area (Å²) in [6.07, 6.45) is 3.04. The van der Waals surface area contributed by atoms with E-state index in [1.807, 2.05) is 49.6 Å². The van der Waals surface area contributed by atoms with E-state index in [0.29, 0.717) is 12.8 Å². The van der Waals surface area contributed by atoms with Gasteiger partial charge in [0.05, 0.1) is 5.52 Å². The summed E-state index contributed by atoms with van der Waals surface area (Å²) in [5.41, 5.74) is 5.87. The third kappa shape index (κ3) is 5.11. The number of halogens is 1. The van der Waals surface area contributed by atoms with Gasteiger partial charge < -0.3 is 5.73 Å². The first kappa shape index (κ1) is 18.1. The van der Waals surface area contributed by atoms with E-state index in [2.05, 4.69) is 33.0 Å². The molecular weight excluding hydrogens is 346 g/mol. The van der Waals surface area contributed by atoms with E-state index < -0.39 is 10.4 Å². The van der Waals surface area contributed by atoms with Crippen LogP contribution in [0.15, 0.2) is 42.6 Å². The summed E-state index contributed by atoms with van der Waals surface area (Å²) in [6, 6.07) is 11.3. The lowest BCUT2D eigenvalue weighted by atomic mass is 10.0. The molecule has 0 radical (unpaired) electrons. The number of nitrogens with two attached hydrogens (primary N) is 1. The minimum absolute atomic E-state index is 0.375. The van der Waals surface area contributed by atoms with Crippen LogP contribution in [0.3, 0.4) is 0 Å². The number of para-hydroxylation sites is 1. The summed E-state index contributed by atoms with van der Waals surface area (Å²) < 4.78 is -0.665. The van der Waals surface area contributed by atoms with Crippen molar-refractivity contribution in [3.8, 4) is 0 Å². The number of nitrogens with zero attached hydrogens (tertiary/aromatic N) is 1. The molecule has 0 aliphatic heterocycles. The van der Waals surface area contributed by atoms with E-state index in [1.165, 1.54) is 5.39 Å². The van der Waals surface area contributed by atoms with Crippen LogP contribution in [0.1, 0.15) is 26.7 Å². The maximum Gasteiger partial charge on any atom is 0.318 e. The molecule has 3 amide bonds. The number of primary amides is 1. The molecule has 5 nitrogen and oxygen atoms in total. The zero-order valence-corrected chi connectivity index (χ0v) is 14.3. The summed E-state index contributed by atoms with van der Waals surface area (Å²) in [6.45, 7) is 3.72. The van der Waals surface area contributed by atoms with Gasteiger partial charge in [0.25, 0.3) is 0 Å². The smallest absolute Gasteiger partial charge is 0.318 e. The van der Waals surface area contributed by atoms with Crippen LogP contribution in [0, 0.1) is 0 Å². The van der Waals surface area contributed by atoms with Gasteiger partial charge in [0.2, 0.25) is 5.91 Å². The van der Waals surface area contributed by atoms with Crippen molar-refractivity contribution in [2.45, 2.75) is 31.0 Å². The van der Waals surface area contributed by atoms with E-state index in [9.17, 15) is 9.59 Å². The fourth-order valence-electron chi connectivity index (χ4n) is 1.81. The van der Waals surface area contributed by atoms with Crippen LogP contribution in [-0.2, 0) is 4.79 Å². The van der Waals surface area contributed by atoms with Crippen molar-refractivity contribution < 1.29 is 9.59 Å². The summed E-state index contributed by atoms with van der Waals surface area (Å²) in [5, 5.41) is 3.24. The molecule has 0 spiro atoms. The lowest BCUT2D eigenvalue weighted by molar-refractivity contribution is -0.122. The number of carbonyl (C=O) groups is 2. The Bertz CT molecular complexity index is 577. The number of rotatable bonds is 3. The largest absolute Gasteiger partial charge is 0.351 e. The number of imide groups is 1. The molecule has 1 heterocycles. The van der Waals surface area contributed by atoms with Gasteiger partial charge in [-0.3, -0.25) is 15.1 Å². The molecule has 1 aromatic carbocycles. The zero-order valence-electron chi connectivity index (χ0n) is 12.7. The number of hydrogen-bond donors (Lipinski definition) is 2. The number of urea groups is 1. The van der Waals surface area contributed by atoms with Crippen LogP contribution in [0.4, 0.5) is 4.79 Å². The average molecular weight is 366 g/mol. The molecule has 22 heavy (non-hydrogen) atoms. The monoisotopic (exact) mass is 365 g/mol. The lowest BCUT2D eigenvalue weighted by Crippen LogP contribution is -2.46. The molecule has 1 aromatic heterocycles. The van der Waals surface area contributed by atoms with Crippen molar-refractivity contribution in [3.05, 3.63) is 42.6 Å². The summed E-state index contributed by atoms with van der Waals surface area (Å²) in [5.74, 6) is -0.375. The van der Waals surface area contributed by atoms with Crippen molar-refractivity contribution in [2.75, 3.05) is 0 Å². The molecule has 2 rings (SSSR count). The molecular formula is C16H20BrN3O2. The highest BCUT2D eigenvalue weighted by atomic mass is 79.9. The molecule has 6 heteroatoms. The quantitative estimate of drug-likeness (QED) is 0.817. The van der Waals surface area contributed by atoms with E-state index in [1.54, 1.807) is 0 Å². The Morgan fingerprint density at radius 2 is 1.77 bits per heavy atom. The molecule has 0 saturated carbocycles. The first-order valence-corrected chi connectivity index (χ1v) is 7.81. The molecule has 2 aromatic rings. The van der Waals surface area contributed by atoms with Gasteiger partial charge in [-0.2, -0.15) is 0 Å². The first-order chi connectivity index (χ1) is 10.4. The predicted octanol–water partition coefficient (Wildman–Crippen LogP) is 3.37. The van der Waals surface area contributed by atoms with Gasteiger partial charge in [0.1, 0.15) is 4.32 Å². The normalized spacial score (nSPS) is 10.5. The number of benzene rings is 1. The van der Waals surface area contributed by atoms with Crippen LogP contribution in [0.5, 0.6) is 0 Å². The van der Waals surface area contributed by atoms with Crippen LogP contribution >= 0.6 is 15.9 Å². The maximum absolute atomic E-state index is 11.3. The van der Waals surface area contributed by atoms with Crippen molar-refractivity contribution in [3.63, 3.8) is 0 Å². The van der Waals surface area contributed by atoms with Gasteiger partial charge in [-0.1, -0.05) is 54.0 Å². The molecule has 3 N–H and O–H groups in total. The molecule has 0 saturated heterocycles. The number of carbonyl (C=O) groups excluding carboxylic acids is 2. The van der Waals surface area contributed by atoms with Crippen LogP contribution < -0.4 is 11.1 Å². The Morgan fingerprint density at radius 1 is 1.18 bits per heavy atom. The highest BCUT2D eigenvalue weighted by Gasteiger charge is 2.32. The van der Waals surface area contributed by atoms with Gasteiger partial charge in [0, 0.05) is 11.6 Å². The molecule has 0 fully saturated rings. The second-order valence-corrected chi connectivity index (χ2v) is 6.20. The van der Waals surface area contributed by atoms with Crippen molar-refractivity contribution >= 4 is 38.8 Å². The maximum atomic E-state index is 11.3. The molecule has 0 atom stereocenters. The minimum atomic E-state index is -0.814. The summed E-state index contributed by atoms with van der Waals surface area (Å²) >= 11 is 3.26. The second kappa shape index (κ2) is 8.48. The third-order valence-electron chi connectivity index (χ3n) is 3.28. The minimum Gasteiger partial charge on any atom is -0.351 e. The van der Waals surface area contributed by atoms with Crippen LogP contribution in [-0.4, -0.2) is 21.2 Å². The van der Waals surface area contributed by atoms with Gasteiger partial charge in [-0.05, 0) is 25.0 Å². The first-order valence-electron chi connectivity index (χ1n) is 7.02. The number of alkyl halides is 1. The average Bonchev–Trinajstić information content (AvgIpc) is 2.54. The molecule has 0 aliphatic carbocycles. The van der Waals surface area contributed by atoms with Gasteiger partial charge >= 0.3 is 6.03 Å². The number of aromatic nitrogens is 1. The Kier molecular flexibility index (Phi) is 6.98. The van der Waals surface area contributed by atoms with Crippen LogP contribution in [0.25, 0.3) is 10.9 Å². The SMILES string of the molecule is CCC(Br)(CC)C(=O)NC(N)=O.c1ccc2ncccc2c1. The van der Waals surface area contributed by atoms with Crippen molar-refractivity contribution in [1.82, 2.24) is 10.3 Å². The fraction of sp³-hybridized carbons (Fsp3) is 0.312.